The number of esters is 1. The zero-order chi connectivity index (χ0) is 23.7. The molecule has 1 heterocycles. The van der Waals surface area contributed by atoms with Gasteiger partial charge in [0, 0.05) is 8.59 Å². The molecule has 172 valence electrons. The summed E-state index contributed by atoms with van der Waals surface area (Å²) in [5.41, 5.74) is 0.876. The summed E-state index contributed by atoms with van der Waals surface area (Å²) in [5.74, 6) is -0.491. The lowest BCUT2D eigenvalue weighted by Gasteiger charge is -2.33. The first-order valence-corrected chi connectivity index (χ1v) is 11.3. The van der Waals surface area contributed by atoms with E-state index in [1.54, 1.807) is 35.3 Å². The molecule has 1 N–H and O–H groups in total. The number of benzene rings is 2. The Bertz CT molecular complexity index is 962. The van der Waals surface area contributed by atoms with Crippen molar-refractivity contribution in [2.24, 2.45) is 5.41 Å². The van der Waals surface area contributed by atoms with Crippen LogP contribution in [0.15, 0.2) is 61.2 Å². The summed E-state index contributed by atoms with van der Waals surface area (Å²) in [6.07, 6.45) is 3.29. The van der Waals surface area contributed by atoms with Crippen LogP contribution in [0.2, 0.25) is 5.02 Å². The van der Waals surface area contributed by atoms with E-state index in [2.05, 4.69) is 37.4 Å². The highest BCUT2D eigenvalue weighted by Crippen LogP contribution is 2.30. The first-order valence-electron chi connectivity index (χ1n) is 9.89. The summed E-state index contributed by atoms with van der Waals surface area (Å²) in [4.78, 5) is 14.4. The zero-order valence-electron chi connectivity index (χ0n) is 18.1. The third-order valence-corrected chi connectivity index (χ3v) is 5.51. The van der Waals surface area contributed by atoms with Gasteiger partial charge in [-0.15, -0.1) is 0 Å². The predicted octanol–water partition coefficient (Wildman–Crippen LogP) is 5.29. The lowest BCUT2D eigenvalue weighted by Crippen LogP contribution is -2.37. The Hall–Kier alpha value is -2.04. The molecule has 0 amide bonds. The molecule has 9 heteroatoms. The van der Waals surface area contributed by atoms with Crippen molar-refractivity contribution in [1.29, 1.82) is 0 Å². The Morgan fingerprint density at radius 2 is 1.81 bits per heavy atom. The second kappa shape index (κ2) is 12.3. The molecule has 0 unspecified atom stereocenters. The van der Waals surface area contributed by atoms with Gasteiger partial charge in [-0.25, -0.2) is 18.9 Å². The molecule has 0 spiro atoms. The molecule has 2 aromatic carbocycles. The number of aromatic nitrogens is 3. The van der Waals surface area contributed by atoms with E-state index in [4.69, 9.17) is 11.6 Å². The van der Waals surface area contributed by atoms with Crippen LogP contribution in [0.1, 0.15) is 32.4 Å². The molecular weight excluding hydrogens is 548 g/mol. The molecule has 0 radical (unpaired) electrons. The van der Waals surface area contributed by atoms with Crippen molar-refractivity contribution < 1.29 is 19.0 Å². The normalized spacial score (nSPS) is 13.0. The maximum atomic E-state index is 11.7. The van der Waals surface area contributed by atoms with Crippen LogP contribution in [0.5, 0.6) is 5.75 Å². The number of carbonyl (C=O) groups excluding carboxylic acids is 1. The van der Waals surface area contributed by atoms with Crippen LogP contribution in [0.25, 0.3) is 0 Å². The molecule has 6 nitrogen and oxygen atoms in total. The van der Waals surface area contributed by atoms with Gasteiger partial charge in [0.15, 0.2) is 6.67 Å². The van der Waals surface area contributed by atoms with E-state index >= 15 is 0 Å². The lowest BCUT2D eigenvalue weighted by atomic mass is 9.82. The fourth-order valence-corrected chi connectivity index (χ4v) is 3.32. The van der Waals surface area contributed by atoms with Gasteiger partial charge in [-0.2, -0.15) is 5.10 Å². The first kappa shape index (κ1) is 26.2. The smallest absolute Gasteiger partial charge is 0.342 e. The topological polar surface area (TPSA) is 77.2 Å². The van der Waals surface area contributed by atoms with Gasteiger partial charge in [-0.1, -0.05) is 44.5 Å². The Balaban J connectivity index is 0.000000258. The highest BCUT2D eigenvalue weighted by molar-refractivity contribution is 14.1. The molecule has 0 bridgehead atoms. The number of hydrogen-bond acceptors (Lipinski definition) is 5. The van der Waals surface area contributed by atoms with Gasteiger partial charge < -0.3 is 9.84 Å². The quantitative estimate of drug-likeness (QED) is 0.246. The third-order valence-electron chi connectivity index (χ3n) is 4.54. The third kappa shape index (κ3) is 8.48. The van der Waals surface area contributed by atoms with Gasteiger partial charge in [0.25, 0.3) is 0 Å². The van der Waals surface area contributed by atoms with Crippen molar-refractivity contribution in [3.05, 3.63) is 75.3 Å². The molecule has 2 atom stereocenters. The van der Waals surface area contributed by atoms with Crippen LogP contribution in [0, 0.1) is 8.99 Å². The molecule has 0 fully saturated rings. The van der Waals surface area contributed by atoms with E-state index in [0.717, 1.165) is 9.13 Å². The van der Waals surface area contributed by atoms with Crippen molar-refractivity contribution in [3.8, 4) is 5.75 Å². The second-order valence-electron chi connectivity index (χ2n) is 8.15. The molecule has 0 saturated heterocycles. The van der Waals surface area contributed by atoms with Crippen LogP contribution in [-0.2, 0) is 11.2 Å². The molecule has 3 aromatic rings. The van der Waals surface area contributed by atoms with Gasteiger partial charge in [0.05, 0.1) is 12.1 Å². The fraction of sp³-hybridized carbons (Fsp3) is 0.348. The number of nitrogens with zero attached hydrogens (tertiary/aromatic N) is 3. The maximum absolute atomic E-state index is 11.7. The number of hydrogen-bond donors (Lipinski definition) is 1. The number of ether oxygens (including phenoxy) is 1. The van der Waals surface area contributed by atoms with Crippen LogP contribution < -0.4 is 4.74 Å². The van der Waals surface area contributed by atoms with Crippen molar-refractivity contribution in [3.63, 3.8) is 0 Å². The molecule has 0 aliphatic rings. The van der Waals surface area contributed by atoms with E-state index < -0.39 is 18.7 Å². The highest BCUT2D eigenvalue weighted by atomic mass is 127. The predicted molar refractivity (Wildman–Crippen MR) is 130 cm³/mol. The van der Waals surface area contributed by atoms with Crippen LogP contribution >= 0.6 is 34.2 Å². The maximum Gasteiger partial charge on any atom is 0.342 e. The monoisotopic (exact) mass is 573 g/mol. The zero-order valence-corrected chi connectivity index (χ0v) is 21.0. The molecule has 0 saturated carbocycles. The van der Waals surface area contributed by atoms with Gasteiger partial charge in [-0.3, -0.25) is 0 Å². The van der Waals surface area contributed by atoms with E-state index in [0.29, 0.717) is 17.2 Å². The Morgan fingerprint density at radius 1 is 1.19 bits per heavy atom. The molecule has 1 aromatic heterocycles. The SMILES string of the molecule is CC(C)(C)[C@H](O)[C@H](Cc1ccc(Cl)cc1)n1cncn1.O=C(CF)Oc1ccc(I)cc1. The molecule has 3 rings (SSSR count). The minimum Gasteiger partial charge on any atom is -0.425 e. The number of aliphatic hydroxyl groups is 1. The second-order valence-corrected chi connectivity index (χ2v) is 9.83. The van der Waals surface area contributed by atoms with Gasteiger partial charge >= 0.3 is 5.97 Å². The minimum atomic E-state index is -1.09. The standard InChI is InChI=1S/C15H20ClN3O.C8H6FIO2/c1-15(2,3)14(20)13(19-10-17-9-18-19)8-11-4-6-12(16)7-5-11;9-5-8(11)12-7-3-1-6(10)2-4-7/h4-7,9-10,13-14,20H,8H2,1-3H3;1-4H,5H2/t13-,14+;/m0./s1. The number of aliphatic hydroxyl groups excluding tert-OH is 1. The van der Waals surface area contributed by atoms with E-state index in [9.17, 15) is 14.3 Å². The van der Waals surface area contributed by atoms with E-state index in [1.165, 1.54) is 6.33 Å². The number of rotatable bonds is 6. The largest absolute Gasteiger partial charge is 0.425 e. The van der Waals surface area contributed by atoms with Crippen LogP contribution in [0.4, 0.5) is 4.39 Å². The van der Waals surface area contributed by atoms with E-state index in [-0.39, 0.29) is 11.5 Å². The van der Waals surface area contributed by atoms with Crippen molar-refractivity contribution in [1.82, 2.24) is 14.8 Å². The summed E-state index contributed by atoms with van der Waals surface area (Å²) < 4.78 is 19.0. The van der Waals surface area contributed by atoms with Crippen molar-refractivity contribution >= 4 is 40.2 Å². The number of halogens is 3. The van der Waals surface area contributed by atoms with Gasteiger partial charge in [0.1, 0.15) is 18.4 Å². The minimum absolute atomic E-state index is 0.154. The highest BCUT2D eigenvalue weighted by Gasteiger charge is 2.32. The van der Waals surface area contributed by atoms with Crippen LogP contribution in [0.3, 0.4) is 0 Å². The Morgan fingerprint density at radius 3 is 2.31 bits per heavy atom. The summed E-state index contributed by atoms with van der Waals surface area (Å²) in [6.45, 7) is 4.96. The summed E-state index contributed by atoms with van der Waals surface area (Å²) in [5, 5.41) is 15.5. The summed E-state index contributed by atoms with van der Waals surface area (Å²) in [7, 11) is 0. The van der Waals surface area contributed by atoms with Gasteiger partial charge in [0.2, 0.25) is 0 Å². The van der Waals surface area contributed by atoms with Crippen molar-refractivity contribution in [2.75, 3.05) is 6.67 Å². The molecule has 0 aliphatic heterocycles. The van der Waals surface area contributed by atoms with Gasteiger partial charge in [-0.05, 0) is 76.4 Å². The first-order chi connectivity index (χ1) is 15.1. The van der Waals surface area contributed by atoms with Crippen LogP contribution in [-0.4, -0.2) is 38.6 Å². The molecule has 32 heavy (non-hydrogen) atoms. The lowest BCUT2D eigenvalue weighted by molar-refractivity contribution is -0.135. The van der Waals surface area contributed by atoms with Crippen molar-refractivity contribution in [2.45, 2.75) is 39.3 Å². The average Bonchev–Trinajstić information content (AvgIpc) is 3.29. The number of carbonyl (C=O) groups is 1. The summed E-state index contributed by atoms with van der Waals surface area (Å²) in [6, 6.07) is 14.3. The summed E-state index contributed by atoms with van der Waals surface area (Å²) >= 11 is 8.03. The number of alkyl halides is 1. The Kier molecular flexibility index (Phi) is 10.0. The molecule has 0 aliphatic carbocycles. The van der Waals surface area contributed by atoms with E-state index in [1.807, 2.05) is 45.0 Å². The average molecular weight is 574 g/mol. The fourth-order valence-electron chi connectivity index (χ4n) is 2.84. The molecular formula is C23H26ClFIN3O3. The Labute approximate surface area is 205 Å².